The third-order valence-corrected chi connectivity index (χ3v) is 3.79. The molecule has 0 amide bonds. The molecule has 4 heteroatoms. The first-order chi connectivity index (χ1) is 9.74. The second kappa shape index (κ2) is 7.10. The van der Waals surface area contributed by atoms with Gasteiger partial charge in [0.05, 0.1) is 11.4 Å². The van der Waals surface area contributed by atoms with Crippen molar-refractivity contribution < 1.29 is 0 Å². The lowest BCUT2D eigenvalue weighted by Gasteiger charge is -2.11. The van der Waals surface area contributed by atoms with Crippen LogP contribution in [0.5, 0.6) is 0 Å². The second-order valence-electron chi connectivity index (χ2n) is 5.96. The van der Waals surface area contributed by atoms with Crippen LogP contribution in [0.25, 0.3) is 0 Å². The van der Waals surface area contributed by atoms with E-state index in [1.165, 1.54) is 29.8 Å². The maximum atomic E-state index is 4.77. The number of halogens is 1. The molecule has 1 fully saturated rings. The molecule has 0 atom stereocenters. The smallest absolute Gasteiger partial charge is 0.0659 e. The first-order valence-corrected chi connectivity index (χ1v) is 7.57. The third-order valence-electron chi connectivity index (χ3n) is 3.79. The fourth-order valence-electron chi connectivity index (χ4n) is 2.54. The largest absolute Gasteiger partial charge is 0.307 e. The van der Waals surface area contributed by atoms with E-state index in [4.69, 9.17) is 5.10 Å². The van der Waals surface area contributed by atoms with Gasteiger partial charge in [0.25, 0.3) is 0 Å². The second-order valence-corrected chi connectivity index (χ2v) is 5.96. The summed E-state index contributed by atoms with van der Waals surface area (Å²) in [6, 6.07) is 13.2. The van der Waals surface area contributed by atoms with E-state index in [0.29, 0.717) is 6.04 Å². The van der Waals surface area contributed by atoms with Crippen molar-refractivity contribution in [1.29, 1.82) is 0 Å². The minimum Gasteiger partial charge on any atom is -0.307 e. The molecule has 1 aliphatic rings. The minimum absolute atomic E-state index is 0. The Morgan fingerprint density at radius 1 is 1.19 bits per heavy atom. The van der Waals surface area contributed by atoms with Gasteiger partial charge < -0.3 is 5.32 Å². The highest BCUT2D eigenvalue weighted by Crippen LogP contribution is 2.39. The lowest BCUT2D eigenvalue weighted by atomic mass is 10.2. The molecule has 0 bridgehead atoms. The van der Waals surface area contributed by atoms with Crippen molar-refractivity contribution in [3.8, 4) is 0 Å². The molecule has 3 rings (SSSR count). The van der Waals surface area contributed by atoms with E-state index in [2.05, 4.69) is 60.2 Å². The van der Waals surface area contributed by atoms with Crippen LogP contribution in [-0.4, -0.2) is 9.78 Å². The highest BCUT2D eigenvalue weighted by Gasteiger charge is 2.27. The lowest BCUT2D eigenvalue weighted by molar-refractivity contribution is 0.491. The van der Waals surface area contributed by atoms with Crippen molar-refractivity contribution in [2.75, 3.05) is 0 Å². The van der Waals surface area contributed by atoms with Crippen molar-refractivity contribution in [3.05, 3.63) is 53.3 Å². The molecule has 1 heterocycles. The van der Waals surface area contributed by atoms with Crippen LogP contribution in [-0.2, 0) is 13.1 Å². The predicted octanol–water partition coefficient (Wildman–Crippen LogP) is 4.05. The molecule has 2 aromatic rings. The Hall–Kier alpha value is -1.32. The van der Waals surface area contributed by atoms with Crippen LogP contribution in [0.2, 0.25) is 0 Å². The Kier molecular flexibility index (Phi) is 5.43. The summed E-state index contributed by atoms with van der Waals surface area (Å²) in [5.41, 5.74) is 3.92. The minimum atomic E-state index is 0. The normalized spacial score (nSPS) is 14.2. The summed E-state index contributed by atoms with van der Waals surface area (Å²) in [6.07, 6.45) is 2.62. The van der Waals surface area contributed by atoms with Crippen LogP contribution < -0.4 is 5.32 Å². The summed E-state index contributed by atoms with van der Waals surface area (Å²) in [5, 5.41) is 8.30. The molecule has 0 spiro atoms. The van der Waals surface area contributed by atoms with Gasteiger partial charge in [-0.2, -0.15) is 5.10 Å². The van der Waals surface area contributed by atoms with Gasteiger partial charge in [-0.05, 0) is 38.3 Å². The zero-order chi connectivity index (χ0) is 13.9. The monoisotopic (exact) mass is 305 g/mol. The number of rotatable bonds is 6. The SMILES string of the molecule is CC(C)n1nc(C2CC2)cc1CNCc1ccccc1.Cl. The summed E-state index contributed by atoms with van der Waals surface area (Å²) >= 11 is 0. The number of hydrogen-bond donors (Lipinski definition) is 1. The van der Waals surface area contributed by atoms with Crippen molar-refractivity contribution in [3.63, 3.8) is 0 Å². The standard InChI is InChI=1S/C17H23N3.ClH/c1-13(2)20-16(10-17(19-20)15-8-9-15)12-18-11-14-6-4-3-5-7-14;/h3-7,10,13,15,18H,8-9,11-12H2,1-2H3;1H. The van der Waals surface area contributed by atoms with Gasteiger partial charge >= 0.3 is 0 Å². The van der Waals surface area contributed by atoms with Crippen LogP contribution in [0.1, 0.15) is 55.6 Å². The number of nitrogens with zero attached hydrogens (tertiary/aromatic N) is 2. The summed E-state index contributed by atoms with van der Waals surface area (Å²) in [7, 11) is 0. The summed E-state index contributed by atoms with van der Waals surface area (Å²) < 4.78 is 2.17. The molecule has 1 aromatic heterocycles. The van der Waals surface area contributed by atoms with Gasteiger partial charge in [0.1, 0.15) is 0 Å². The molecule has 21 heavy (non-hydrogen) atoms. The molecular weight excluding hydrogens is 282 g/mol. The number of benzene rings is 1. The van der Waals surface area contributed by atoms with Crippen LogP contribution in [0, 0.1) is 0 Å². The van der Waals surface area contributed by atoms with Crippen molar-refractivity contribution in [2.45, 2.75) is 51.7 Å². The van der Waals surface area contributed by atoms with E-state index < -0.39 is 0 Å². The Labute approximate surface area is 133 Å². The molecular formula is C17H24ClN3. The zero-order valence-electron chi connectivity index (χ0n) is 12.7. The number of aromatic nitrogens is 2. The van der Waals surface area contributed by atoms with Gasteiger partial charge in [0.15, 0.2) is 0 Å². The Bertz CT molecular complexity index is 559. The summed E-state index contributed by atoms with van der Waals surface area (Å²) in [4.78, 5) is 0. The van der Waals surface area contributed by atoms with Crippen molar-refractivity contribution in [1.82, 2.24) is 15.1 Å². The quantitative estimate of drug-likeness (QED) is 0.872. The first kappa shape index (κ1) is 16.1. The fraction of sp³-hybridized carbons (Fsp3) is 0.471. The van der Waals surface area contributed by atoms with E-state index in [0.717, 1.165) is 19.0 Å². The zero-order valence-corrected chi connectivity index (χ0v) is 13.6. The highest BCUT2D eigenvalue weighted by molar-refractivity contribution is 5.85. The van der Waals surface area contributed by atoms with Crippen LogP contribution in [0.3, 0.4) is 0 Å². The maximum Gasteiger partial charge on any atom is 0.0659 e. The topological polar surface area (TPSA) is 29.9 Å². The molecule has 0 radical (unpaired) electrons. The van der Waals surface area contributed by atoms with Gasteiger partial charge in [0, 0.05) is 25.0 Å². The molecule has 0 saturated heterocycles. The molecule has 0 aliphatic heterocycles. The van der Waals surface area contributed by atoms with Crippen molar-refractivity contribution >= 4 is 12.4 Å². The lowest BCUT2D eigenvalue weighted by Crippen LogP contribution is -2.17. The molecule has 3 nitrogen and oxygen atoms in total. The van der Waals surface area contributed by atoms with E-state index in [-0.39, 0.29) is 12.4 Å². The van der Waals surface area contributed by atoms with Crippen LogP contribution in [0.4, 0.5) is 0 Å². The summed E-state index contributed by atoms with van der Waals surface area (Å²) in [5.74, 6) is 0.725. The van der Waals surface area contributed by atoms with Gasteiger partial charge in [-0.15, -0.1) is 12.4 Å². The summed E-state index contributed by atoms with van der Waals surface area (Å²) in [6.45, 7) is 6.18. The van der Waals surface area contributed by atoms with Gasteiger partial charge in [0.2, 0.25) is 0 Å². The average molecular weight is 306 g/mol. The molecule has 1 aromatic carbocycles. The Balaban J connectivity index is 0.00000161. The number of nitrogens with one attached hydrogen (secondary N) is 1. The van der Waals surface area contributed by atoms with E-state index >= 15 is 0 Å². The maximum absolute atomic E-state index is 4.77. The van der Waals surface area contributed by atoms with Crippen LogP contribution >= 0.6 is 12.4 Å². The third kappa shape index (κ3) is 4.08. The Morgan fingerprint density at radius 3 is 2.52 bits per heavy atom. The molecule has 1 aliphatic carbocycles. The Morgan fingerprint density at radius 2 is 1.90 bits per heavy atom. The van der Waals surface area contributed by atoms with Gasteiger partial charge in [-0.25, -0.2) is 0 Å². The predicted molar refractivity (Wildman–Crippen MR) is 88.8 cm³/mol. The molecule has 0 unspecified atom stereocenters. The highest BCUT2D eigenvalue weighted by atomic mass is 35.5. The molecule has 1 saturated carbocycles. The fourth-order valence-corrected chi connectivity index (χ4v) is 2.54. The van der Waals surface area contributed by atoms with Crippen LogP contribution in [0.15, 0.2) is 36.4 Å². The first-order valence-electron chi connectivity index (χ1n) is 7.57. The van der Waals surface area contributed by atoms with E-state index in [1.807, 2.05) is 0 Å². The van der Waals surface area contributed by atoms with Gasteiger partial charge in [-0.3, -0.25) is 4.68 Å². The number of hydrogen-bond acceptors (Lipinski definition) is 2. The van der Waals surface area contributed by atoms with Gasteiger partial charge in [-0.1, -0.05) is 30.3 Å². The molecule has 1 N–H and O–H groups in total. The average Bonchev–Trinajstić information content (AvgIpc) is 3.21. The van der Waals surface area contributed by atoms with E-state index in [9.17, 15) is 0 Å². The van der Waals surface area contributed by atoms with Crippen molar-refractivity contribution in [2.24, 2.45) is 0 Å². The van der Waals surface area contributed by atoms with E-state index in [1.54, 1.807) is 0 Å². The molecule has 114 valence electrons.